The molecule has 0 heterocycles. The van der Waals surface area contributed by atoms with Gasteiger partial charge >= 0.3 is 11.9 Å². The SMILES string of the molecule is CCOC(=O)[C@](C)(N)[C@@](C)(N)C(=O)OCC. The summed E-state index contributed by atoms with van der Waals surface area (Å²) in [6, 6.07) is 0. The highest BCUT2D eigenvalue weighted by atomic mass is 16.5. The van der Waals surface area contributed by atoms with Gasteiger partial charge in [0.1, 0.15) is 11.1 Å². The molecule has 0 aromatic heterocycles. The lowest BCUT2D eigenvalue weighted by molar-refractivity contribution is -0.162. The summed E-state index contributed by atoms with van der Waals surface area (Å²) in [6.45, 7) is 6.33. The summed E-state index contributed by atoms with van der Waals surface area (Å²) in [6.07, 6.45) is 0. The van der Waals surface area contributed by atoms with Gasteiger partial charge in [-0.05, 0) is 27.7 Å². The first-order valence-corrected chi connectivity index (χ1v) is 5.14. The first kappa shape index (κ1) is 14.9. The Kier molecular flexibility index (Phi) is 4.89. The van der Waals surface area contributed by atoms with Crippen molar-refractivity contribution in [2.75, 3.05) is 13.2 Å². The van der Waals surface area contributed by atoms with Crippen LogP contribution in [-0.4, -0.2) is 36.2 Å². The van der Waals surface area contributed by atoms with Crippen LogP contribution in [0.4, 0.5) is 0 Å². The Bertz CT molecular complexity index is 246. The molecule has 0 aromatic rings. The maximum absolute atomic E-state index is 11.6. The number of nitrogens with two attached hydrogens (primary N) is 2. The number of rotatable bonds is 5. The monoisotopic (exact) mass is 232 g/mol. The van der Waals surface area contributed by atoms with Crippen LogP contribution in [0.3, 0.4) is 0 Å². The van der Waals surface area contributed by atoms with Gasteiger partial charge in [0.2, 0.25) is 0 Å². The van der Waals surface area contributed by atoms with Crippen LogP contribution < -0.4 is 11.5 Å². The van der Waals surface area contributed by atoms with E-state index in [0.717, 1.165) is 0 Å². The summed E-state index contributed by atoms with van der Waals surface area (Å²) in [5, 5.41) is 0. The van der Waals surface area contributed by atoms with E-state index in [2.05, 4.69) is 0 Å². The highest BCUT2D eigenvalue weighted by Crippen LogP contribution is 2.20. The van der Waals surface area contributed by atoms with Crippen LogP contribution in [0.25, 0.3) is 0 Å². The molecule has 0 aliphatic carbocycles. The van der Waals surface area contributed by atoms with Crippen LogP contribution in [0, 0.1) is 0 Å². The summed E-state index contributed by atoms with van der Waals surface area (Å²) in [5.74, 6) is -1.46. The summed E-state index contributed by atoms with van der Waals surface area (Å²) in [4.78, 5) is 23.2. The van der Waals surface area contributed by atoms with Gasteiger partial charge in [-0.25, -0.2) is 9.59 Å². The molecule has 2 atom stereocenters. The van der Waals surface area contributed by atoms with Gasteiger partial charge < -0.3 is 20.9 Å². The van der Waals surface area contributed by atoms with Crippen molar-refractivity contribution in [1.82, 2.24) is 0 Å². The summed E-state index contributed by atoms with van der Waals surface area (Å²) in [7, 11) is 0. The molecule has 0 unspecified atom stereocenters. The van der Waals surface area contributed by atoms with Crippen molar-refractivity contribution in [2.24, 2.45) is 11.5 Å². The molecular weight excluding hydrogens is 212 g/mol. The smallest absolute Gasteiger partial charge is 0.328 e. The molecule has 16 heavy (non-hydrogen) atoms. The third-order valence-corrected chi connectivity index (χ3v) is 2.48. The van der Waals surface area contributed by atoms with Crippen LogP contribution in [0.5, 0.6) is 0 Å². The van der Waals surface area contributed by atoms with E-state index in [9.17, 15) is 9.59 Å². The lowest BCUT2D eigenvalue weighted by Gasteiger charge is -2.36. The second-order valence-corrected chi connectivity index (χ2v) is 3.85. The van der Waals surface area contributed by atoms with Crippen molar-refractivity contribution < 1.29 is 19.1 Å². The zero-order chi connectivity index (χ0) is 13.0. The van der Waals surface area contributed by atoms with Gasteiger partial charge in [0, 0.05) is 0 Å². The lowest BCUT2D eigenvalue weighted by atomic mass is 9.81. The van der Waals surface area contributed by atoms with Gasteiger partial charge in [-0.1, -0.05) is 0 Å². The maximum Gasteiger partial charge on any atom is 0.328 e. The van der Waals surface area contributed by atoms with Crippen LogP contribution in [0.15, 0.2) is 0 Å². The van der Waals surface area contributed by atoms with Gasteiger partial charge in [0.05, 0.1) is 13.2 Å². The zero-order valence-electron chi connectivity index (χ0n) is 10.2. The number of esters is 2. The number of hydrogen-bond acceptors (Lipinski definition) is 6. The zero-order valence-corrected chi connectivity index (χ0v) is 10.2. The predicted octanol–water partition coefficient (Wildman–Crippen LogP) is -0.453. The molecule has 0 amide bonds. The second-order valence-electron chi connectivity index (χ2n) is 3.85. The summed E-state index contributed by atoms with van der Waals surface area (Å²) < 4.78 is 9.54. The van der Waals surface area contributed by atoms with Crippen molar-refractivity contribution in [3.8, 4) is 0 Å². The van der Waals surface area contributed by atoms with Crippen molar-refractivity contribution in [3.05, 3.63) is 0 Å². The first-order valence-electron chi connectivity index (χ1n) is 5.14. The average molecular weight is 232 g/mol. The Balaban J connectivity index is 4.96. The summed E-state index contributed by atoms with van der Waals surface area (Å²) in [5.41, 5.74) is 8.25. The molecule has 6 heteroatoms. The molecule has 4 N–H and O–H groups in total. The molecule has 0 fully saturated rings. The fraction of sp³-hybridized carbons (Fsp3) is 0.800. The van der Waals surface area contributed by atoms with Crippen LogP contribution in [-0.2, 0) is 19.1 Å². The lowest BCUT2D eigenvalue weighted by Crippen LogP contribution is -2.71. The van der Waals surface area contributed by atoms with E-state index >= 15 is 0 Å². The molecule has 94 valence electrons. The number of hydrogen-bond donors (Lipinski definition) is 2. The van der Waals surface area contributed by atoms with Crippen molar-refractivity contribution >= 4 is 11.9 Å². The van der Waals surface area contributed by atoms with E-state index < -0.39 is 23.0 Å². The van der Waals surface area contributed by atoms with Gasteiger partial charge in [0.15, 0.2) is 0 Å². The Morgan fingerprint density at radius 1 is 0.938 bits per heavy atom. The van der Waals surface area contributed by atoms with E-state index in [1.54, 1.807) is 13.8 Å². The second kappa shape index (κ2) is 5.27. The molecule has 0 aliphatic heterocycles. The third-order valence-electron chi connectivity index (χ3n) is 2.48. The molecule has 0 aromatic carbocycles. The van der Waals surface area contributed by atoms with Gasteiger partial charge in [0.25, 0.3) is 0 Å². The average Bonchev–Trinajstić information content (AvgIpc) is 2.18. The number of carbonyl (C=O) groups is 2. The fourth-order valence-electron chi connectivity index (χ4n) is 0.986. The van der Waals surface area contributed by atoms with E-state index in [-0.39, 0.29) is 13.2 Å². The minimum absolute atomic E-state index is 0.171. The van der Waals surface area contributed by atoms with Gasteiger partial charge in [-0.3, -0.25) is 0 Å². The quantitative estimate of drug-likeness (QED) is 0.622. The molecule has 0 spiro atoms. The van der Waals surface area contributed by atoms with Crippen LogP contribution >= 0.6 is 0 Å². The van der Waals surface area contributed by atoms with E-state index in [4.69, 9.17) is 20.9 Å². The molecule has 0 saturated heterocycles. The van der Waals surface area contributed by atoms with Crippen molar-refractivity contribution in [1.29, 1.82) is 0 Å². The molecule has 0 saturated carbocycles. The van der Waals surface area contributed by atoms with E-state index in [1.807, 2.05) is 0 Å². The fourth-order valence-corrected chi connectivity index (χ4v) is 0.986. The summed E-state index contributed by atoms with van der Waals surface area (Å²) >= 11 is 0. The van der Waals surface area contributed by atoms with Crippen molar-refractivity contribution in [3.63, 3.8) is 0 Å². The topological polar surface area (TPSA) is 105 Å². The molecular formula is C10H20N2O4. The Morgan fingerprint density at radius 2 is 1.19 bits per heavy atom. The molecule has 0 bridgehead atoms. The Labute approximate surface area is 95.3 Å². The van der Waals surface area contributed by atoms with Crippen LogP contribution in [0.2, 0.25) is 0 Å². The number of ether oxygens (including phenoxy) is 2. The molecule has 0 rings (SSSR count). The normalized spacial score (nSPS) is 18.1. The first-order chi connectivity index (χ1) is 7.21. The van der Waals surface area contributed by atoms with Gasteiger partial charge in [-0.2, -0.15) is 0 Å². The maximum atomic E-state index is 11.6. The number of carbonyl (C=O) groups excluding carboxylic acids is 2. The predicted molar refractivity (Wildman–Crippen MR) is 58.5 cm³/mol. The molecule has 6 nitrogen and oxygen atoms in total. The largest absolute Gasteiger partial charge is 0.465 e. The molecule has 0 radical (unpaired) electrons. The minimum Gasteiger partial charge on any atom is -0.465 e. The molecule has 0 aliphatic rings. The highest BCUT2D eigenvalue weighted by Gasteiger charge is 2.52. The Hall–Kier alpha value is -1.14. The standard InChI is InChI=1S/C10H20N2O4/c1-5-15-7(13)9(3,11)10(4,12)8(14)16-6-2/h5-6,11-12H2,1-4H3/t9-,10-/m0/s1. The third kappa shape index (κ3) is 2.70. The Morgan fingerprint density at radius 3 is 1.38 bits per heavy atom. The minimum atomic E-state index is -1.63. The van der Waals surface area contributed by atoms with Crippen LogP contribution in [0.1, 0.15) is 27.7 Å². The van der Waals surface area contributed by atoms with E-state index in [1.165, 1.54) is 13.8 Å². The van der Waals surface area contributed by atoms with Gasteiger partial charge in [-0.15, -0.1) is 0 Å². The van der Waals surface area contributed by atoms with E-state index in [0.29, 0.717) is 0 Å². The highest BCUT2D eigenvalue weighted by molar-refractivity contribution is 5.93. The van der Waals surface area contributed by atoms with Crippen molar-refractivity contribution in [2.45, 2.75) is 38.8 Å².